The van der Waals surface area contributed by atoms with E-state index in [2.05, 4.69) is 29.3 Å². The minimum Gasteiger partial charge on any atom is -0.364 e. The summed E-state index contributed by atoms with van der Waals surface area (Å²) < 4.78 is 16.8. The predicted molar refractivity (Wildman–Crippen MR) is 95.1 cm³/mol. The molecule has 2 aromatic rings. The largest absolute Gasteiger partial charge is 0.364 e. The maximum atomic E-state index is 12.0. The van der Waals surface area contributed by atoms with Crippen molar-refractivity contribution in [2.45, 2.75) is 26.7 Å². The lowest BCUT2D eigenvalue weighted by Crippen LogP contribution is -2.35. The van der Waals surface area contributed by atoms with E-state index in [1.54, 1.807) is 12.0 Å². The molecule has 1 aromatic heterocycles. The maximum absolute atomic E-state index is 12.0. The van der Waals surface area contributed by atoms with Crippen molar-refractivity contribution in [2.75, 3.05) is 24.6 Å². The highest BCUT2D eigenvalue weighted by Crippen LogP contribution is 2.27. The lowest BCUT2D eigenvalue weighted by Gasteiger charge is -2.26. The van der Waals surface area contributed by atoms with Gasteiger partial charge in [-0.05, 0) is 29.2 Å². The van der Waals surface area contributed by atoms with Gasteiger partial charge in [-0.1, -0.05) is 37.1 Å². The van der Waals surface area contributed by atoms with Gasteiger partial charge in [-0.15, -0.1) is 16.7 Å². The molecule has 0 saturated carbocycles. The van der Waals surface area contributed by atoms with Gasteiger partial charge < -0.3 is 4.74 Å². The molecule has 0 radical (unpaired) electrons. The molecular formula is C17H22ClFN4O2. The Labute approximate surface area is 152 Å². The Hall–Kier alpha value is -2.12. The van der Waals surface area contributed by atoms with Crippen LogP contribution in [0, 0.1) is 5.95 Å². The number of ether oxygens (including phenoxy) is 1. The Bertz CT molecular complexity index is 636. The number of aromatic nitrogens is 3. The highest BCUT2D eigenvalue weighted by atomic mass is 35.5. The van der Waals surface area contributed by atoms with Crippen LogP contribution in [0.15, 0.2) is 30.5 Å². The number of amides is 1. The second-order valence-corrected chi connectivity index (χ2v) is 5.22. The summed E-state index contributed by atoms with van der Waals surface area (Å²) in [5.74, 6) is -0.769. The predicted octanol–water partition coefficient (Wildman–Crippen LogP) is 3.00. The van der Waals surface area contributed by atoms with Crippen molar-refractivity contribution in [3.05, 3.63) is 47.5 Å². The molecule has 0 saturated heterocycles. The second kappa shape index (κ2) is 11.4. The SMILES string of the molecule is CCc1cccc(CC)c1N(COC)C(=O)CCl.Fc1ccnnn1. The fourth-order valence-corrected chi connectivity index (χ4v) is 2.40. The monoisotopic (exact) mass is 368 g/mol. The first kappa shape index (κ1) is 20.9. The van der Waals surface area contributed by atoms with Gasteiger partial charge in [0.05, 0.1) is 11.9 Å². The summed E-state index contributed by atoms with van der Waals surface area (Å²) >= 11 is 5.68. The molecule has 0 aliphatic heterocycles. The van der Waals surface area contributed by atoms with E-state index in [1.165, 1.54) is 6.20 Å². The molecule has 25 heavy (non-hydrogen) atoms. The van der Waals surface area contributed by atoms with Gasteiger partial charge in [-0.3, -0.25) is 9.69 Å². The van der Waals surface area contributed by atoms with Crippen LogP contribution < -0.4 is 4.90 Å². The maximum Gasteiger partial charge on any atom is 0.243 e. The zero-order valence-corrected chi connectivity index (χ0v) is 15.3. The molecule has 0 atom stereocenters. The van der Waals surface area contributed by atoms with Gasteiger partial charge >= 0.3 is 0 Å². The molecule has 1 amide bonds. The molecule has 0 N–H and O–H groups in total. The van der Waals surface area contributed by atoms with Crippen LogP contribution in [0.5, 0.6) is 0 Å². The quantitative estimate of drug-likeness (QED) is 0.579. The number of rotatable bonds is 6. The molecule has 136 valence electrons. The van der Waals surface area contributed by atoms with E-state index < -0.39 is 5.95 Å². The number of aryl methyl sites for hydroxylation is 2. The zero-order chi connectivity index (χ0) is 18.7. The third-order valence-electron chi connectivity index (χ3n) is 3.38. The second-order valence-electron chi connectivity index (χ2n) is 4.95. The van der Waals surface area contributed by atoms with Crippen molar-refractivity contribution in [1.29, 1.82) is 0 Å². The molecule has 8 heteroatoms. The lowest BCUT2D eigenvalue weighted by atomic mass is 10.0. The standard InChI is InChI=1S/C14H20ClNO2.C3H2FN3/c1-4-11-7-6-8-12(5-2)14(11)16(10-18-3)13(17)9-15;4-3-1-2-5-7-6-3/h6-8H,4-5,9-10H2,1-3H3;1-2H. The molecule has 0 aliphatic rings. The zero-order valence-electron chi connectivity index (χ0n) is 14.6. The Morgan fingerprint density at radius 1 is 1.24 bits per heavy atom. The number of anilines is 1. The molecule has 0 bridgehead atoms. The van der Waals surface area contributed by atoms with Crippen molar-refractivity contribution < 1.29 is 13.9 Å². The Kier molecular flexibility index (Phi) is 9.57. The molecule has 6 nitrogen and oxygen atoms in total. The Balaban J connectivity index is 0.000000370. The van der Waals surface area contributed by atoms with E-state index in [0.717, 1.165) is 35.7 Å². The number of methoxy groups -OCH3 is 1. The summed E-state index contributed by atoms with van der Waals surface area (Å²) in [5, 5.41) is 9.21. The molecular weight excluding hydrogens is 347 g/mol. The molecule has 0 aliphatic carbocycles. The van der Waals surface area contributed by atoms with Gasteiger partial charge in [-0.2, -0.15) is 4.39 Å². The number of alkyl halides is 1. The first-order chi connectivity index (χ1) is 12.1. The number of para-hydroxylation sites is 1. The van der Waals surface area contributed by atoms with E-state index in [4.69, 9.17) is 16.3 Å². The number of halogens is 2. The summed E-state index contributed by atoms with van der Waals surface area (Å²) in [4.78, 5) is 13.6. The van der Waals surface area contributed by atoms with Crippen molar-refractivity contribution >= 4 is 23.2 Å². The number of carbonyl (C=O) groups is 1. The topological polar surface area (TPSA) is 68.2 Å². The average molecular weight is 369 g/mol. The van der Waals surface area contributed by atoms with Gasteiger partial charge in [0.1, 0.15) is 12.6 Å². The van der Waals surface area contributed by atoms with Crippen LogP contribution in [0.1, 0.15) is 25.0 Å². The lowest BCUT2D eigenvalue weighted by molar-refractivity contribution is -0.117. The third kappa shape index (κ3) is 6.36. The van der Waals surface area contributed by atoms with Gasteiger partial charge in [0.2, 0.25) is 11.9 Å². The van der Waals surface area contributed by atoms with Crippen molar-refractivity contribution in [2.24, 2.45) is 0 Å². The number of hydrogen-bond acceptors (Lipinski definition) is 5. The average Bonchev–Trinajstić information content (AvgIpc) is 2.66. The van der Waals surface area contributed by atoms with Crippen LogP contribution >= 0.6 is 11.6 Å². The molecule has 1 heterocycles. The van der Waals surface area contributed by atoms with E-state index in [9.17, 15) is 9.18 Å². The number of hydrogen-bond donors (Lipinski definition) is 0. The third-order valence-corrected chi connectivity index (χ3v) is 3.61. The number of nitrogens with zero attached hydrogens (tertiary/aromatic N) is 4. The minimum absolute atomic E-state index is 0.0371. The first-order valence-electron chi connectivity index (χ1n) is 7.84. The molecule has 0 unspecified atom stereocenters. The first-order valence-corrected chi connectivity index (χ1v) is 8.38. The molecule has 1 aromatic carbocycles. The van der Waals surface area contributed by atoms with Gasteiger partial charge in [0.25, 0.3) is 0 Å². The van der Waals surface area contributed by atoms with Gasteiger partial charge in [0, 0.05) is 13.2 Å². The fourth-order valence-electron chi connectivity index (χ4n) is 2.25. The van der Waals surface area contributed by atoms with Crippen molar-refractivity contribution in [3.8, 4) is 0 Å². The normalized spacial score (nSPS) is 9.96. The van der Waals surface area contributed by atoms with Crippen LogP contribution in [0.4, 0.5) is 10.1 Å². The van der Waals surface area contributed by atoms with Gasteiger partial charge in [-0.25, -0.2) is 0 Å². The summed E-state index contributed by atoms with van der Waals surface area (Å²) in [5.41, 5.74) is 3.24. The van der Waals surface area contributed by atoms with E-state index in [-0.39, 0.29) is 18.5 Å². The van der Waals surface area contributed by atoms with Crippen LogP contribution in [-0.2, 0) is 22.4 Å². The van der Waals surface area contributed by atoms with Crippen LogP contribution in [0.2, 0.25) is 0 Å². The highest BCUT2D eigenvalue weighted by Gasteiger charge is 2.19. The molecule has 0 fully saturated rings. The summed E-state index contributed by atoms with van der Waals surface area (Å²) in [7, 11) is 1.58. The summed E-state index contributed by atoms with van der Waals surface area (Å²) in [6.45, 7) is 4.39. The van der Waals surface area contributed by atoms with Crippen molar-refractivity contribution in [1.82, 2.24) is 15.4 Å². The van der Waals surface area contributed by atoms with Crippen LogP contribution in [0.25, 0.3) is 0 Å². The summed E-state index contributed by atoms with van der Waals surface area (Å²) in [6, 6.07) is 7.24. The van der Waals surface area contributed by atoms with Crippen molar-refractivity contribution in [3.63, 3.8) is 0 Å². The van der Waals surface area contributed by atoms with Crippen LogP contribution in [0.3, 0.4) is 0 Å². The minimum atomic E-state index is -0.602. The molecule has 0 spiro atoms. The fraction of sp³-hybridized carbons (Fsp3) is 0.412. The smallest absolute Gasteiger partial charge is 0.243 e. The Morgan fingerprint density at radius 2 is 1.88 bits per heavy atom. The van der Waals surface area contributed by atoms with E-state index >= 15 is 0 Å². The van der Waals surface area contributed by atoms with Crippen LogP contribution in [-0.4, -0.2) is 41.0 Å². The van der Waals surface area contributed by atoms with Gasteiger partial charge in [0.15, 0.2) is 0 Å². The number of carbonyl (C=O) groups excluding carboxylic acids is 1. The Morgan fingerprint density at radius 3 is 2.24 bits per heavy atom. The van der Waals surface area contributed by atoms with E-state index in [0.29, 0.717) is 0 Å². The number of benzene rings is 1. The molecule has 2 rings (SSSR count). The highest BCUT2D eigenvalue weighted by molar-refractivity contribution is 6.29. The van der Waals surface area contributed by atoms with E-state index in [1.807, 2.05) is 18.2 Å². The summed E-state index contributed by atoms with van der Waals surface area (Å²) in [6.07, 6.45) is 2.99.